The lowest BCUT2D eigenvalue weighted by Gasteiger charge is -1.99. The zero-order chi connectivity index (χ0) is 15.6. The Kier molecular flexibility index (Phi) is 3.98. The standard InChI is InChI=1S/C14H10N4O2S3/c19-12-6-9(15-14-18(12)3-5-23-14)7-21-8-11-16-13(17-20-11)10-2-1-4-22-10/h1-6H,7-8H2. The molecule has 0 unspecified atom stereocenters. The molecule has 116 valence electrons. The van der Waals surface area contributed by atoms with Crippen molar-refractivity contribution in [3.05, 3.63) is 57.1 Å². The Morgan fingerprint density at radius 3 is 3.04 bits per heavy atom. The van der Waals surface area contributed by atoms with Crippen molar-refractivity contribution in [1.29, 1.82) is 0 Å². The Bertz CT molecular complexity index is 987. The molecule has 4 heterocycles. The number of aromatic nitrogens is 4. The third-order valence-electron chi connectivity index (χ3n) is 3.04. The summed E-state index contributed by atoms with van der Waals surface area (Å²) in [5.41, 5.74) is 0.713. The van der Waals surface area contributed by atoms with Crippen LogP contribution in [0.5, 0.6) is 0 Å². The molecule has 0 aliphatic heterocycles. The summed E-state index contributed by atoms with van der Waals surface area (Å²) in [6.45, 7) is 0. The summed E-state index contributed by atoms with van der Waals surface area (Å²) in [5.74, 6) is 2.41. The van der Waals surface area contributed by atoms with Crippen molar-refractivity contribution in [2.24, 2.45) is 0 Å². The molecule has 0 spiro atoms. The van der Waals surface area contributed by atoms with Crippen molar-refractivity contribution in [2.75, 3.05) is 0 Å². The molecule has 0 bridgehead atoms. The molecule has 0 aromatic carbocycles. The van der Waals surface area contributed by atoms with Crippen molar-refractivity contribution in [1.82, 2.24) is 19.5 Å². The first kappa shape index (κ1) is 14.6. The van der Waals surface area contributed by atoms with Gasteiger partial charge in [-0.15, -0.1) is 34.4 Å². The normalized spacial score (nSPS) is 11.3. The third kappa shape index (κ3) is 3.07. The number of hydrogen-bond donors (Lipinski definition) is 0. The molecule has 23 heavy (non-hydrogen) atoms. The summed E-state index contributed by atoms with van der Waals surface area (Å²) >= 11 is 4.62. The van der Waals surface area contributed by atoms with Crippen LogP contribution in [0.1, 0.15) is 11.6 Å². The topological polar surface area (TPSA) is 73.3 Å². The fourth-order valence-corrected chi connectivity index (χ4v) is 4.16. The van der Waals surface area contributed by atoms with Crippen LogP contribution in [0, 0.1) is 0 Å². The van der Waals surface area contributed by atoms with Crippen LogP contribution in [0.15, 0.2) is 44.5 Å². The average Bonchev–Trinajstić information content (AvgIpc) is 3.28. The third-order valence-corrected chi connectivity index (χ3v) is 5.61. The van der Waals surface area contributed by atoms with Gasteiger partial charge >= 0.3 is 0 Å². The molecule has 0 amide bonds. The number of thiazole rings is 1. The van der Waals surface area contributed by atoms with Crippen LogP contribution in [0.4, 0.5) is 0 Å². The second-order valence-corrected chi connectivity index (χ2v) is 7.43. The monoisotopic (exact) mass is 362 g/mol. The SMILES string of the molecule is O=c1cc(CSCc2nc(-c3cccs3)no2)nc2sccn12. The van der Waals surface area contributed by atoms with E-state index < -0.39 is 0 Å². The molecule has 4 aromatic heterocycles. The molecule has 9 heteroatoms. The van der Waals surface area contributed by atoms with E-state index in [0.717, 1.165) is 10.6 Å². The number of fused-ring (bicyclic) bond motifs is 1. The van der Waals surface area contributed by atoms with Gasteiger partial charge in [0.25, 0.3) is 5.56 Å². The lowest BCUT2D eigenvalue weighted by atomic mass is 10.4. The van der Waals surface area contributed by atoms with E-state index in [-0.39, 0.29) is 5.56 Å². The summed E-state index contributed by atoms with van der Waals surface area (Å²) in [4.78, 5) is 22.5. The highest BCUT2D eigenvalue weighted by Gasteiger charge is 2.10. The van der Waals surface area contributed by atoms with Gasteiger partial charge in [-0.05, 0) is 11.4 Å². The van der Waals surface area contributed by atoms with Gasteiger partial charge in [0.1, 0.15) is 0 Å². The van der Waals surface area contributed by atoms with Gasteiger partial charge in [-0.3, -0.25) is 9.20 Å². The lowest BCUT2D eigenvalue weighted by Crippen LogP contribution is -2.12. The minimum Gasteiger partial charge on any atom is -0.338 e. The van der Waals surface area contributed by atoms with E-state index >= 15 is 0 Å². The quantitative estimate of drug-likeness (QED) is 0.542. The Morgan fingerprint density at radius 1 is 1.22 bits per heavy atom. The van der Waals surface area contributed by atoms with E-state index in [1.54, 1.807) is 39.8 Å². The average molecular weight is 362 g/mol. The maximum atomic E-state index is 11.9. The zero-order valence-electron chi connectivity index (χ0n) is 11.7. The van der Waals surface area contributed by atoms with Crippen molar-refractivity contribution in [3.63, 3.8) is 0 Å². The largest absolute Gasteiger partial charge is 0.338 e. The minimum atomic E-state index is -0.0513. The second-order valence-electron chi connectivity index (χ2n) is 4.62. The highest BCUT2D eigenvalue weighted by molar-refractivity contribution is 7.97. The van der Waals surface area contributed by atoms with Crippen LogP contribution >= 0.6 is 34.4 Å². The van der Waals surface area contributed by atoms with Crippen LogP contribution in [0.2, 0.25) is 0 Å². The van der Waals surface area contributed by atoms with Gasteiger partial charge in [-0.1, -0.05) is 11.2 Å². The van der Waals surface area contributed by atoms with Gasteiger partial charge < -0.3 is 4.52 Å². The van der Waals surface area contributed by atoms with E-state index in [4.69, 9.17) is 4.52 Å². The number of hydrogen-bond acceptors (Lipinski definition) is 8. The fourth-order valence-electron chi connectivity index (χ4n) is 2.02. The molecule has 4 aromatic rings. The molecule has 0 aliphatic carbocycles. The Morgan fingerprint density at radius 2 is 2.17 bits per heavy atom. The first-order valence-electron chi connectivity index (χ1n) is 6.69. The highest BCUT2D eigenvalue weighted by atomic mass is 32.2. The van der Waals surface area contributed by atoms with Crippen molar-refractivity contribution in [2.45, 2.75) is 11.5 Å². The van der Waals surface area contributed by atoms with Gasteiger partial charge in [-0.25, -0.2) is 4.98 Å². The first-order chi connectivity index (χ1) is 11.3. The molecule has 0 radical (unpaired) electrons. The number of rotatable bonds is 5. The van der Waals surface area contributed by atoms with E-state index in [9.17, 15) is 4.79 Å². The number of thioether (sulfide) groups is 1. The summed E-state index contributed by atoms with van der Waals surface area (Å²) < 4.78 is 6.79. The predicted molar refractivity (Wildman–Crippen MR) is 91.9 cm³/mol. The summed E-state index contributed by atoms with van der Waals surface area (Å²) in [6, 6.07) is 5.48. The van der Waals surface area contributed by atoms with Crippen molar-refractivity contribution >= 4 is 39.4 Å². The molecule has 6 nitrogen and oxygen atoms in total. The van der Waals surface area contributed by atoms with Gasteiger partial charge in [-0.2, -0.15) is 4.98 Å². The molecule has 0 fully saturated rings. The summed E-state index contributed by atoms with van der Waals surface area (Å²) in [7, 11) is 0. The zero-order valence-corrected chi connectivity index (χ0v) is 14.2. The van der Waals surface area contributed by atoms with Crippen LogP contribution in [0.3, 0.4) is 0 Å². The highest BCUT2D eigenvalue weighted by Crippen LogP contribution is 2.23. The van der Waals surface area contributed by atoms with E-state index in [1.165, 1.54) is 11.3 Å². The smallest absolute Gasteiger partial charge is 0.258 e. The molecule has 0 saturated carbocycles. The lowest BCUT2D eigenvalue weighted by molar-refractivity contribution is 0.392. The fraction of sp³-hybridized carbons (Fsp3) is 0.143. The number of thiophene rings is 1. The predicted octanol–water partition coefficient (Wildman–Crippen LogP) is 3.30. The van der Waals surface area contributed by atoms with Gasteiger partial charge in [0.2, 0.25) is 11.7 Å². The van der Waals surface area contributed by atoms with Gasteiger partial charge in [0.15, 0.2) is 4.96 Å². The van der Waals surface area contributed by atoms with Crippen LogP contribution in [-0.2, 0) is 11.5 Å². The van der Waals surface area contributed by atoms with Crippen molar-refractivity contribution < 1.29 is 4.52 Å². The first-order valence-corrected chi connectivity index (χ1v) is 9.61. The Hall–Kier alpha value is -1.97. The Balaban J connectivity index is 1.42. The minimum absolute atomic E-state index is 0.0513. The van der Waals surface area contributed by atoms with E-state index in [0.29, 0.717) is 28.2 Å². The van der Waals surface area contributed by atoms with E-state index in [2.05, 4.69) is 15.1 Å². The molecule has 0 aliphatic rings. The summed E-state index contributed by atoms with van der Waals surface area (Å²) in [6.07, 6.45) is 1.73. The van der Waals surface area contributed by atoms with Crippen LogP contribution < -0.4 is 5.56 Å². The maximum absolute atomic E-state index is 11.9. The molecular weight excluding hydrogens is 352 g/mol. The van der Waals surface area contributed by atoms with Crippen LogP contribution in [0.25, 0.3) is 15.7 Å². The Labute approximate surface area is 142 Å². The van der Waals surface area contributed by atoms with Crippen molar-refractivity contribution in [3.8, 4) is 10.7 Å². The molecule has 0 saturated heterocycles. The maximum Gasteiger partial charge on any atom is 0.258 e. The second kappa shape index (κ2) is 6.26. The molecule has 4 rings (SSSR count). The van der Waals surface area contributed by atoms with Gasteiger partial charge in [0, 0.05) is 23.4 Å². The summed E-state index contributed by atoms with van der Waals surface area (Å²) in [5, 5.41) is 7.81. The van der Waals surface area contributed by atoms with Gasteiger partial charge in [0.05, 0.1) is 16.3 Å². The number of nitrogens with zero attached hydrogens (tertiary/aromatic N) is 4. The van der Waals surface area contributed by atoms with E-state index in [1.807, 2.05) is 22.9 Å². The van der Waals surface area contributed by atoms with Crippen LogP contribution in [-0.4, -0.2) is 19.5 Å². The molecule has 0 atom stereocenters. The molecular formula is C14H10N4O2S3. The molecule has 0 N–H and O–H groups in total.